The Hall–Kier alpha value is -2.67. The Balaban J connectivity index is 1.78. The number of hydrogen-bond acceptors (Lipinski definition) is 6. The van der Waals surface area contributed by atoms with E-state index in [4.69, 9.17) is 17.3 Å². The van der Waals surface area contributed by atoms with Crippen LogP contribution in [0.2, 0.25) is 5.15 Å². The van der Waals surface area contributed by atoms with Gasteiger partial charge >= 0.3 is 0 Å². The summed E-state index contributed by atoms with van der Waals surface area (Å²) in [6.07, 6.45) is 1.86. The number of nitrogens with zero attached hydrogens (tertiary/aromatic N) is 5. The predicted octanol–water partition coefficient (Wildman–Crippen LogP) is 2.47. The van der Waals surface area contributed by atoms with Crippen LogP contribution in [0.3, 0.4) is 0 Å². The number of nitrogens with two attached hydrogens (primary N) is 1. The highest BCUT2D eigenvalue weighted by atomic mass is 35.5. The largest absolute Gasteiger partial charge is 0.368 e. The van der Waals surface area contributed by atoms with E-state index in [1.165, 1.54) is 0 Å². The van der Waals surface area contributed by atoms with Crippen molar-refractivity contribution in [2.75, 3.05) is 11.1 Å². The summed E-state index contributed by atoms with van der Waals surface area (Å²) in [4.78, 5) is 7.90. The molecular weight excluding hydrogens is 302 g/mol. The lowest BCUT2D eigenvalue weighted by atomic mass is 10.2. The quantitative estimate of drug-likeness (QED) is 0.718. The van der Waals surface area contributed by atoms with Gasteiger partial charge in [-0.05, 0) is 19.1 Å². The minimum atomic E-state index is -0.108. The van der Waals surface area contributed by atoms with E-state index in [1.807, 2.05) is 43.5 Å². The molecule has 2 aromatic heterocycles. The molecule has 0 fully saturated rings. The van der Waals surface area contributed by atoms with Crippen molar-refractivity contribution < 1.29 is 0 Å². The fourth-order valence-electron chi connectivity index (χ4n) is 1.99. The zero-order valence-corrected chi connectivity index (χ0v) is 12.6. The number of aromatic nitrogens is 5. The van der Waals surface area contributed by atoms with Crippen molar-refractivity contribution in [2.24, 2.45) is 0 Å². The molecule has 3 rings (SSSR count). The first-order chi connectivity index (χ1) is 10.6. The fraction of sp³-hybridized carbons (Fsp3) is 0.143. The lowest BCUT2D eigenvalue weighted by Crippen LogP contribution is -2.09. The molecule has 0 saturated heterocycles. The van der Waals surface area contributed by atoms with Crippen LogP contribution in [0.25, 0.3) is 5.69 Å². The van der Waals surface area contributed by atoms with Gasteiger partial charge in [-0.3, -0.25) is 0 Å². The van der Waals surface area contributed by atoms with Gasteiger partial charge in [-0.2, -0.15) is 4.98 Å². The Morgan fingerprint density at radius 3 is 2.73 bits per heavy atom. The van der Waals surface area contributed by atoms with Crippen LogP contribution in [0, 0.1) is 0 Å². The minimum absolute atomic E-state index is 0.108. The zero-order chi connectivity index (χ0) is 15.5. The first-order valence-electron chi connectivity index (χ1n) is 6.66. The Morgan fingerprint density at radius 1 is 1.23 bits per heavy atom. The predicted molar refractivity (Wildman–Crippen MR) is 84.9 cm³/mol. The number of nitrogens with one attached hydrogen (secondary N) is 1. The molecule has 0 aliphatic rings. The summed E-state index contributed by atoms with van der Waals surface area (Å²) >= 11 is 5.86. The average molecular weight is 316 g/mol. The van der Waals surface area contributed by atoms with Crippen molar-refractivity contribution in [1.29, 1.82) is 0 Å². The number of hydrogen-bond donors (Lipinski definition) is 2. The molecule has 1 atom stereocenters. The van der Waals surface area contributed by atoms with E-state index < -0.39 is 0 Å². The third kappa shape index (κ3) is 3.15. The monoisotopic (exact) mass is 315 g/mol. The molecule has 112 valence electrons. The van der Waals surface area contributed by atoms with Gasteiger partial charge < -0.3 is 11.1 Å². The molecule has 7 nitrogen and oxygen atoms in total. The molecule has 3 aromatic rings. The summed E-state index contributed by atoms with van der Waals surface area (Å²) in [6.45, 7) is 1.95. The topological polar surface area (TPSA) is 94.5 Å². The fourth-order valence-corrected chi connectivity index (χ4v) is 2.18. The van der Waals surface area contributed by atoms with Gasteiger partial charge in [0.1, 0.15) is 16.7 Å². The van der Waals surface area contributed by atoms with Crippen molar-refractivity contribution in [1.82, 2.24) is 25.0 Å². The number of rotatable bonds is 4. The van der Waals surface area contributed by atoms with Crippen LogP contribution in [-0.4, -0.2) is 25.0 Å². The highest BCUT2D eigenvalue weighted by Crippen LogP contribution is 2.19. The van der Waals surface area contributed by atoms with Crippen molar-refractivity contribution in [3.63, 3.8) is 0 Å². The molecule has 22 heavy (non-hydrogen) atoms. The van der Waals surface area contributed by atoms with Gasteiger partial charge in [0.05, 0.1) is 17.9 Å². The van der Waals surface area contributed by atoms with Crippen LogP contribution in [0.1, 0.15) is 18.7 Å². The number of halogens is 1. The molecule has 8 heteroatoms. The van der Waals surface area contributed by atoms with E-state index in [2.05, 4.69) is 25.6 Å². The zero-order valence-electron chi connectivity index (χ0n) is 11.8. The van der Waals surface area contributed by atoms with Crippen LogP contribution in [0.4, 0.5) is 11.8 Å². The molecule has 0 spiro atoms. The molecule has 0 amide bonds. The third-order valence-corrected chi connectivity index (χ3v) is 3.25. The van der Waals surface area contributed by atoms with Crippen molar-refractivity contribution >= 4 is 23.4 Å². The highest BCUT2D eigenvalue weighted by molar-refractivity contribution is 6.29. The van der Waals surface area contributed by atoms with E-state index >= 15 is 0 Å². The maximum Gasteiger partial charge on any atom is 0.223 e. The van der Waals surface area contributed by atoms with Crippen LogP contribution >= 0.6 is 11.6 Å². The molecule has 0 bridgehead atoms. The van der Waals surface area contributed by atoms with E-state index in [0.29, 0.717) is 5.82 Å². The smallest absolute Gasteiger partial charge is 0.223 e. The van der Waals surface area contributed by atoms with E-state index in [0.717, 1.165) is 11.4 Å². The van der Waals surface area contributed by atoms with Crippen molar-refractivity contribution in [3.05, 3.63) is 53.4 Å². The van der Waals surface area contributed by atoms with E-state index in [9.17, 15) is 0 Å². The molecule has 0 saturated carbocycles. The Bertz CT molecular complexity index is 752. The summed E-state index contributed by atoms with van der Waals surface area (Å²) in [5.74, 6) is 0.661. The van der Waals surface area contributed by atoms with Gasteiger partial charge in [0, 0.05) is 6.07 Å². The summed E-state index contributed by atoms with van der Waals surface area (Å²) in [5.41, 5.74) is 7.30. The number of benzene rings is 1. The molecular formula is C14H14ClN7. The minimum Gasteiger partial charge on any atom is -0.368 e. The summed E-state index contributed by atoms with van der Waals surface area (Å²) in [6, 6.07) is 11.3. The van der Waals surface area contributed by atoms with Gasteiger partial charge in [-0.25, -0.2) is 9.67 Å². The number of nitrogen functional groups attached to an aromatic ring is 1. The first kappa shape index (κ1) is 14.3. The van der Waals surface area contributed by atoms with Crippen LogP contribution < -0.4 is 11.1 Å². The molecule has 2 heterocycles. The van der Waals surface area contributed by atoms with Crippen LogP contribution in [0.15, 0.2) is 42.6 Å². The summed E-state index contributed by atoms with van der Waals surface area (Å²) < 4.78 is 1.72. The highest BCUT2D eigenvalue weighted by Gasteiger charge is 2.12. The standard InChI is InChI=1S/C14H14ClN7/c1-9(17-13-7-12(15)18-14(16)19-13)11-8-22(21-20-11)10-5-3-2-4-6-10/h2-9H,1H3,(H3,16,17,18,19). The Kier molecular flexibility index (Phi) is 3.88. The van der Waals surface area contributed by atoms with Crippen LogP contribution in [-0.2, 0) is 0 Å². The Morgan fingerprint density at radius 2 is 2.00 bits per heavy atom. The second-order valence-corrected chi connectivity index (χ2v) is 5.11. The second kappa shape index (κ2) is 5.98. The normalized spacial score (nSPS) is 12.1. The van der Waals surface area contributed by atoms with Crippen LogP contribution in [0.5, 0.6) is 0 Å². The molecule has 1 aromatic carbocycles. The molecule has 0 aliphatic carbocycles. The average Bonchev–Trinajstić information content (AvgIpc) is 2.97. The first-order valence-corrected chi connectivity index (χ1v) is 7.04. The molecule has 1 unspecified atom stereocenters. The SMILES string of the molecule is CC(Nc1cc(Cl)nc(N)n1)c1cn(-c2ccccc2)nn1. The van der Waals surface area contributed by atoms with Gasteiger partial charge in [0.15, 0.2) is 0 Å². The van der Waals surface area contributed by atoms with Gasteiger partial charge in [0.25, 0.3) is 0 Å². The maximum atomic E-state index is 5.86. The third-order valence-electron chi connectivity index (χ3n) is 3.05. The number of anilines is 2. The van der Waals surface area contributed by atoms with Crippen molar-refractivity contribution in [2.45, 2.75) is 13.0 Å². The summed E-state index contributed by atoms with van der Waals surface area (Å²) in [7, 11) is 0. The van der Waals surface area contributed by atoms with Gasteiger partial charge in [-0.15, -0.1) is 5.10 Å². The maximum absolute atomic E-state index is 5.86. The van der Waals surface area contributed by atoms with Gasteiger partial charge in [0.2, 0.25) is 5.95 Å². The van der Waals surface area contributed by atoms with E-state index in [-0.39, 0.29) is 17.1 Å². The number of para-hydroxylation sites is 1. The Labute approximate surface area is 132 Å². The van der Waals surface area contributed by atoms with Gasteiger partial charge in [-0.1, -0.05) is 35.0 Å². The summed E-state index contributed by atoms with van der Waals surface area (Å²) in [5, 5.41) is 11.8. The molecule has 0 radical (unpaired) electrons. The second-order valence-electron chi connectivity index (χ2n) is 4.72. The van der Waals surface area contributed by atoms with E-state index in [1.54, 1.807) is 10.7 Å². The molecule has 3 N–H and O–H groups in total. The molecule has 0 aliphatic heterocycles. The lowest BCUT2D eigenvalue weighted by Gasteiger charge is -2.11. The van der Waals surface area contributed by atoms with Crippen molar-refractivity contribution in [3.8, 4) is 5.69 Å². The lowest BCUT2D eigenvalue weighted by molar-refractivity contribution is 0.779.